The van der Waals surface area contributed by atoms with Crippen molar-refractivity contribution in [2.24, 2.45) is 0 Å². The molecule has 3 aromatic rings. The normalized spacial score (nSPS) is 13.6. The van der Waals surface area contributed by atoms with Crippen LogP contribution in [0.5, 0.6) is 0 Å². The molecule has 0 saturated heterocycles. The molecule has 1 N–H and O–H groups in total. The monoisotopic (exact) mass is 392 g/mol. The van der Waals surface area contributed by atoms with Gasteiger partial charge in [0.1, 0.15) is 0 Å². The van der Waals surface area contributed by atoms with Crippen LogP contribution in [0.2, 0.25) is 0 Å². The maximum absolute atomic E-state index is 12.9. The van der Waals surface area contributed by atoms with E-state index >= 15 is 0 Å². The zero-order valence-electron chi connectivity index (χ0n) is 15.2. The third-order valence-corrected chi connectivity index (χ3v) is 6.17. The van der Waals surface area contributed by atoms with Crippen molar-refractivity contribution < 1.29 is 13.2 Å². The first-order valence-corrected chi connectivity index (χ1v) is 10.6. The second-order valence-electron chi connectivity index (χ2n) is 6.69. The van der Waals surface area contributed by atoms with Gasteiger partial charge in [0.15, 0.2) is 0 Å². The van der Waals surface area contributed by atoms with E-state index in [9.17, 15) is 13.2 Å². The third-order valence-electron chi connectivity index (χ3n) is 4.77. The molecule has 6 heteroatoms. The molecule has 4 rings (SSSR count). The second kappa shape index (κ2) is 7.48. The Bertz CT molecular complexity index is 1100. The summed E-state index contributed by atoms with van der Waals surface area (Å²) in [5.74, 6) is -0.0424. The summed E-state index contributed by atoms with van der Waals surface area (Å²) in [6.07, 6.45) is 1.63. The topological polar surface area (TPSA) is 66.5 Å². The number of nitrogens with one attached hydrogen (secondary N) is 1. The largest absolute Gasteiger partial charge is 0.308 e. The summed E-state index contributed by atoms with van der Waals surface area (Å²) in [7, 11) is -3.64. The third kappa shape index (κ3) is 3.64. The molecule has 28 heavy (non-hydrogen) atoms. The Hall–Kier alpha value is -3.12. The van der Waals surface area contributed by atoms with Crippen molar-refractivity contribution in [3.05, 3.63) is 90.0 Å². The van der Waals surface area contributed by atoms with Crippen LogP contribution in [0.15, 0.2) is 83.8 Å². The number of aryl methyl sites for hydroxylation is 1. The lowest BCUT2D eigenvalue weighted by molar-refractivity contribution is 0.0985. The first-order chi connectivity index (χ1) is 13.5. The zero-order valence-corrected chi connectivity index (χ0v) is 16.0. The lowest BCUT2D eigenvalue weighted by atomic mass is 10.00. The Morgan fingerprint density at radius 1 is 0.893 bits per heavy atom. The van der Waals surface area contributed by atoms with Gasteiger partial charge in [-0.05, 0) is 60.9 Å². The van der Waals surface area contributed by atoms with E-state index < -0.39 is 10.0 Å². The van der Waals surface area contributed by atoms with Gasteiger partial charge in [0.05, 0.1) is 4.90 Å². The Kier molecular flexibility index (Phi) is 4.88. The van der Waals surface area contributed by atoms with E-state index in [4.69, 9.17) is 0 Å². The number of nitrogens with zero attached hydrogens (tertiary/aromatic N) is 1. The van der Waals surface area contributed by atoms with Gasteiger partial charge in [0.25, 0.3) is 15.9 Å². The van der Waals surface area contributed by atoms with Crippen LogP contribution in [0.3, 0.4) is 0 Å². The van der Waals surface area contributed by atoms with Gasteiger partial charge in [-0.15, -0.1) is 0 Å². The molecule has 0 aromatic heterocycles. The highest BCUT2D eigenvalue weighted by Gasteiger charge is 2.24. The van der Waals surface area contributed by atoms with Crippen LogP contribution in [-0.4, -0.2) is 20.9 Å². The van der Waals surface area contributed by atoms with Crippen LogP contribution in [0.4, 0.5) is 11.4 Å². The van der Waals surface area contributed by atoms with E-state index in [1.165, 1.54) is 0 Å². The van der Waals surface area contributed by atoms with E-state index in [1.54, 1.807) is 53.4 Å². The number of rotatable bonds is 4. The SMILES string of the molecule is O=C(c1ccccc1)N1CCCc2cc(NS(=O)(=O)c3ccccc3)ccc21. The highest BCUT2D eigenvalue weighted by atomic mass is 32.2. The van der Waals surface area contributed by atoms with Crippen LogP contribution >= 0.6 is 0 Å². The maximum Gasteiger partial charge on any atom is 0.261 e. The summed E-state index contributed by atoms with van der Waals surface area (Å²) < 4.78 is 27.7. The maximum atomic E-state index is 12.9. The predicted molar refractivity (Wildman–Crippen MR) is 110 cm³/mol. The Morgan fingerprint density at radius 2 is 1.57 bits per heavy atom. The lowest BCUT2D eigenvalue weighted by Crippen LogP contribution is -2.35. The molecule has 1 amide bonds. The van der Waals surface area contributed by atoms with Crippen LogP contribution in [0, 0.1) is 0 Å². The average Bonchev–Trinajstić information content (AvgIpc) is 2.73. The van der Waals surface area contributed by atoms with Gasteiger partial charge in [0.2, 0.25) is 0 Å². The standard InChI is InChI=1S/C22H20N2O3S/c25-22(17-8-3-1-4-9-17)24-15-7-10-18-16-19(13-14-21(18)24)23-28(26,27)20-11-5-2-6-12-20/h1-6,8-9,11-14,16,23H,7,10,15H2. The van der Waals surface area contributed by atoms with Crippen molar-refractivity contribution in [3.8, 4) is 0 Å². The molecule has 142 valence electrons. The van der Waals surface area contributed by atoms with E-state index in [0.717, 1.165) is 24.1 Å². The Balaban J connectivity index is 1.61. The minimum Gasteiger partial charge on any atom is -0.308 e. The molecule has 5 nitrogen and oxygen atoms in total. The molecule has 0 spiro atoms. The number of hydrogen-bond acceptors (Lipinski definition) is 3. The number of amides is 1. The molecule has 1 aliphatic heterocycles. The minimum atomic E-state index is -3.64. The molecular weight excluding hydrogens is 372 g/mol. The average molecular weight is 392 g/mol. The number of anilines is 2. The summed E-state index contributed by atoms with van der Waals surface area (Å²) >= 11 is 0. The van der Waals surface area contributed by atoms with E-state index in [0.29, 0.717) is 17.8 Å². The molecule has 0 fully saturated rings. The number of benzene rings is 3. The summed E-state index contributed by atoms with van der Waals surface area (Å²) in [5, 5.41) is 0. The van der Waals surface area contributed by atoms with Gasteiger partial charge < -0.3 is 4.90 Å². The van der Waals surface area contributed by atoms with Gasteiger partial charge in [0, 0.05) is 23.5 Å². The van der Waals surface area contributed by atoms with Crippen molar-refractivity contribution >= 4 is 27.3 Å². The Morgan fingerprint density at radius 3 is 2.29 bits per heavy atom. The van der Waals surface area contributed by atoms with Crippen molar-refractivity contribution in [2.45, 2.75) is 17.7 Å². The fourth-order valence-electron chi connectivity index (χ4n) is 3.42. The minimum absolute atomic E-state index is 0.0424. The van der Waals surface area contributed by atoms with Gasteiger partial charge in [-0.1, -0.05) is 36.4 Å². The van der Waals surface area contributed by atoms with Crippen LogP contribution in [0.25, 0.3) is 0 Å². The Labute approximate surface area is 164 Å². The van der Waals surface area contributed by atoms with Gasteiger partial charge in [-0.2, -0.15) is 0 Å². The summed E-state index contributed by atoms with van der Waals surface area (Å²) in [5.41, 5.74) is 2.94. The highest BCUT2D eigenvalue weighted by molar-refractivity contribution is 7.92. The fourth-order valence-corrected chi connectivity index (χ4v) is 4.49. The number of hydrogen-bond donors (Lipinski definition) is 1. The summed E-state index contributed by atoms with van der Waals surface area (Å²) in [6.45, 7) is 0.649. The smallest absolute Gasteiger partial charge is 0.261 e. The fraction of sp³-hybridized carbons (Fsp3) is 0.136. The van der Waals surface area contributed by atoms with E-state index in [2.05, 4.69) is 4.72 Å². The van der Waals surface area contributed by atoms with Gasteiger partial charge in [-0.3, -0.25) is 9.52 Å². The first kappa shape index (κ1) is 18.3. The molecular formula is C22H20N2O3S. The van der Waals surface area contributed by atoms with Crippen molar-refractivity contribution in [2.75, 3.05) is 16.2 Å². The molecule has 1 heterocycles. The lowest BCUT2D eigenvalue weighted by Gasteiger charge is -2.30. The van der Waals surface area contributed by atoms with E-state index in [1.807, 2.05) is 30.3 Å². The molecule has 0 atom stereocenters. The number of carbonyl (C=O) groups is 1. The molecule has 0 unspecified atom stereocenters. The van der Waals surface area contributed by atoms with Crippen LogP contribution in [0.1, 0.15) is 22.3 Å². The highest BCUT2D eigenvalue weighted by Crippen LogP contribution is 2.31. The van der Waals surface area contributed by atoms with E-state index in [-0.39, 0.29) is 10.8 Å². The number of sulfonamides is 1. The molecule has 0 bridgehead atoms. The van der Waals surface area contributed by atoms with Crippen LogP contribution in [-0.2, 0) is 16.4 Å². The molecule has 1 aliphatic rings. The van der Waals surface area contributed by atoms with Crippen LogP contribution < -0.4 is 9.62 Å². The van der Waals surface area contributed by atoms with Crippen molar-refractivity contribution in [1.82, 2.24) is 0 Å². The molecule has 0 saturated carbocycles. The summed E-state index contributed by atoms with van der Waals surface area (Å²) in [4.78, 5) is 14.9. The van der Waals surface area contributed by atoms with Gasteiger partial charge >= 0.3 is 0 Å². The predicted octanol–water partition coefficient (Wildman–Crippen LogP) is 4.08. The first-order valence-electron chi connectivity index (χ1n) is 9.12. The molecule has 3 aromatic carbocycles. The number of carbonyl (C=O) groups excluding carboxylic acids is 1. The number of fused-ring (bicyclic) bond motifs is 1. The quantitative estimate of drug-likeness (QED) is 0.727. The molecule has 0 aliphatic carbocycles. The van der Waals surface area contributed by atoms with Crippen molar-refractivity contribution in [1.29, 1.82) is 0 Å². The second-order valence-corrected chi connectivity index (χ2v) is 8.37. The summed E-state index contributed by atoms with van der Waals surface area (Å²) in [6, 6.07) is 22.8. The molecule has 0 radical (unpaired) electrons. The van der Waals surface area contributed by atoms with Crippen molar-refractivity contribution in [3.63, 3.8) is 0 Å². The zero-order chi connectivity index (χ0) is 19.6. The van der Waals surface area contributed by atoms with Gasteiger partial charge in [-0.25, -0.2) is 8.42 Å².